The fraction of sp³-hybridized carbons (Fsp3) is 0.436. The number of para-hydroxylation sites is 1. The number of imide groups is 1. The van der Waals surface area contributed by atoms with E-state index < -0.39 is 41.0 Å². The normalized spacial score (nSPS) is 19.5. The number of pyridine rings is 1. The fourth-order valence-corrected chi connectivity index (χ4v) is 7.94. The second kappa shape index (κ2) is 14.3. The number of fused-ring (bicyclic) bond motifs is 2. The third-order valence-corrected chi connectivity index (χ3v) is 10.9. The number of hydrogen-bond acceptors (Lipinski definition) is 8. The third-order valence-electron chi connectivity index (χ3n) is 10.9. The molecule has 13 nitrogen and oxygen atoms in total. The molecule has 4 heterocycles. The Kier molecular flexibility index (Phi) is 9.82. The Bertz CT molecular complexity index is 2360. The number of carbonyl (C=O) groups excluding carboxylic acids is 3. The molecule has 2 fully saturated rings. The number of aromatic nitrogens is 5. The lowest BCUT2D eigenvalue weighted by atomic mass is 9.84. The van der Waals surface area contributed by atoms with E-state index >= 15 is 0 Å². The summed E-state index contributed by atoms with van der Waals surface area (Å²) in [5.74, 6) is -1.17. The lowest BCUT2D eigenvalue weighted by molar-refractivity contribution is -0.141. The number of benzene rings is 2. The van der Waals surface area contributed by atoms with Gasteiger partial charge in [-0.3, -0.25) is 33.5 Å². The predicted molar refractivity (Wildman–Crippen MR) is 200 cm³/mol. The van der Waals surface area contributed by atoms with E-state index in [-0.39, 0.29) is 36.2 Å². The van der Waals surface area contributed by atoms with Gasteiger partial charge < -0.3 is 15.3 Å². The van der Waals surface area contributed by atoms with Crippen LogP contribution in [0, 0.1) is 5.92 Å². The van der Waals surface area contributed by atoms with E-state index in [0.717, 1.165) is 62.0 Å². The molecule has 1 atom stereocenters. The summed E-state index contributed by atoms with van der Waals surface area (Å²) in [6.07, 6.45) is 2.31. The topological polar surface area (TPSA) is 156 Å². The van der Waals surface area contributed by atoms with Gasteiger partial charge in [-0.1, -0.05) is 12.1 Å². The molecule has 7 rings (SSSR count). The predicted octanol–water partition coefficient (Wildman–Crippen LogP) is 5.82. The van der Waals surface area contributed by atoms with E-state index in [1.54, 1.807) is 37.6 Å². The summed E-state index contributed by atoms with van der Waals surface area (Å²) in [6, 6.07) is 11.6. The van der Waals surface area contributed by atoms with Crippen molar-refractivity contribution in [1.29, 1.82) is 0 Å². The van der Waals surface area contributed by atoms with Crippen LogP contribution in [0.3, 0.4) is 0 Å². The quantitative estimate of drug-likeness (QED) is 0.159. The van der Waals surface area contributed by atoms with Crippen molar-refractivity contribution in [3.8, 4) is 0 Å². The van der Waals surface area contributed by atoms with Crippen LogP contribution in [0.25, 0.3) is 21.9 Å². The number of piperidine rings is 1. The average Bonchev–Trinajstić information content (AvgIpc) is 3.67. The maximum absolute atomic E-state index is 13.4. The largest absolute Gasteiger partial charge is 0.433 e. The standard InChI is InChI=1S/C39H43F3N8O5/c1-38(2,55)25-20-27-23(19-28(25)44-35(52)26-7-5-10-32(43-26)39(40,41)42)21-49(46-27)24-13-11-22(12-14-24)17-18-47(3)29-8-6-9-30-34(29)48(4)37(54)50(30)31-15-16-33(51)45-36(31)53/h5-10,19-22,24,31,55H,11-18H2,1-4H3,(H,44,52)(H,45,51,53)/t22-,24-,31?. The Morgan fingerprint density at radius 3 is 2.45 bits per heavy atom. The van der Waals surface area contributed by atoms with E-state index in [4.69, 9.17) is 5.10 Å². The molecule has 1 aliphatic heterocycles. The molecule has 1 unspecified atom stereocenters. The number of amides is 3. The number of alkyl halides is 3. The van der Waals surface area contributed by atoms with Crippen molar-refractivity contribution in [2.24, 2.45) is 13.0 Å². The van der Waals surface area contributed by atoms with Gasteiger partial charge in [0, 0.05) is 49.9 Å². The molecule has 290 valence electrons. The molecule has 3 amide bonds. The number of imidazole rings is 1. The van der Waals surface area contributed by atoms with Crippen LogP contribution in [-0.4, -0.2) is 60.3 Å². The van der Waals surface area contributed by atoms with Crippen LogP contribution in [-0.2, 0) is 28.4 Å². The molecule has 1 saturated heterocycles. The van der Waals surface area contributed by atoms with Gasteiger partial charge in [-0.15, -0.1) is 0 Å². The van der Waals surface area contributed by atoms with Gasteiger partial charge in [0.25, 0.3) is 5.91 Å². The molecule has 0 spiro atoms. The number of carbonyl (C=O) groups is 3. The number of aliphatic hydroxyl groups is 1. The first-order valence-corrected chi connectivity index (χ1v) is 18.4. The Labute approximate surface area is 314 Å². The van der Waals surface area contributed by atoms with Gasteiger partial charge in [0.1, 0.15) is 17.4 Å². The van der Waals surface area contributed by atoms with E-state index in [2.05, 4.69) is 20.5 Å². The average molecular weight is 761 g/mol. The number of anilines is 2. The number of nitrogens with zero attached hydrogens (tertiary/aromatic N) is 6. The highest BCUT2D eigenvalue weighted by Crippen LogP contribution is 2.38. The number of nitrogens with one attached hydrogen (secondary N) is 2. The van der Waals surface area contributed by atoms with Crippen LogP contribution in [0.4, 0.5) is 24.5 Å². The number of aryl methyl sites for hydroxylation is 1. The molecule has 2 aliphatic rings. The van der Waals surface area contributed by atoms with E-state index in [1.807, 2.05) is 36.1 Å². The van der Waals surface area contributed by atoms with Gasteiger partial charge in [0.2, 0.25) is 11.8 Å². The van der Waals surface area contributed by atoms with Crippen molar-refractivity contribution >= 4 is 51.0 Å². The van der Waals surface area contributed by atoms with Gasteiger partial charge in [-0.2, -0.15) is 18.3 Å². The summed E-state index contributed by atoms with van der Waals surface area (Å²) in [7, 11) is 3.70. The van der Waals surface area contributed by atoms with Gasteiger partial charge in [0.15, 0.2) is 0 Å². The Morgan fingerprint density at radius 2 is 1.76 bits per heavy atom. The van der Waals surface area contributed by atoms with Crippen LogP contribution in [0.5, 0.6) is 0 Å². The Morgan fingerprint density at radius 1 is 1.04 bits per heavy atom. The lowest BCUT2D eigenvalue weighted by Crippen LogP contribution is -2.44. The first kappa shape index (κ1) is 37.8. The van der Waals surface area contributed by atoms with Gasteiger partial charge in [0.05, 0.1) is 33.9 Å². The number of hydrogen-bond donors (Lipinski definition) is 3. The van der Waals surface area contributed by atoms with Gasteiger partial charge in [-0.05, 0) is 94.7 Å². The molecule has 16 heteroatoms. The van der Waals surface area contributed by atoms with Crippen molar-refractivity contribution < 1.29 is 32.7 Å². The zero-order chi connectivity index (χ0) is 39.4. The molecule has 2 aromatic carbocycles. The van der Waals surface area contributed by atoms with Crippen LogP contribution < -0.4 is 21.2 Å². The van der Waals surface area contributed by atoms with Crippen LogP contribution in [0.2, 0.25) is 0 Å². The second-order valence-corrected chi connectivity index (χ2v) is 15.2. The minimum atomic E-state index is -4.70. The fourth-order valence-electron chi connectivity index (χ4n) is 7.94. The van der Waals surface area contributed by atoms with E-state index in [1.165, 1.54) is 10.6 Å². The van der Waals surface area contributed by atoms with Crippen molar-refractivity contribution in [3.63, 3.8) is 0 Å². The number of halogens is 3. The minimum Gasteiger partial charge on any atom is -0.386 e. The Balaban J connectivity index is 1.02. The maximum Gasteiger partial charge on any atom is 0.433 e. The highest BCUT2D eigenvalue weighted by Gasteiger charge is 2.34. The van der Waals surface area contributed by atoms with Crippen molar-refractivity contribution in [2.45, 2.75) is 82.7 Å². The molecule has 0 bridgehead atoms. The van der Waals surface area contributed by atoms with Crippen molar-refractivity contribution in [3.05, 3.63) is 82.2 Å². The highest BCUT2D eigenvalue weighted by atomic mass is 19.4. The van der Waals surface area contributed by atoms with E-state index in [9.17, 15) is 37.5 Å². The zero-order valence-corrected chi connectivity index (χ0v) is 31.0. The zero-order valence-electron chi connectivity index (χ0n) is 31.0. The Hall–Kier alpha value is -5.51. The van der Waals surface area contributed by atoms with Crippen molar-refractivity contribution in [2.75, 3.05) is 23.8 Å². The summed E-state index contributed by atoms with van der Waals surface area (Å²) in [5.41, 5.74) is 0.213. The van der Waals surface area contributed by atoms with E-state index in [0.29, 0.717) is 27.9 Å². The third kappa shape index (κ3) is 7.46. The van der Waals surface area contributed by atoms with Crippen LogP contribution in [0.15, 0.2) is 59.5 Å². The lowest BCUT2D eigenvalue weighted by Gasteiger charge is -2.30. The smallest absolute Gasteiger partial charge is 0.386 e. The molecule has 1 aliphatic carbocycles. The number of rotatable bonds is 9. The highest BCUT2D eigenvalue weighted by molar-refractivity contribution is 6.04. The molecule has 0 radical (unpaired) electrons. The molecule has 3 N–H and O–H groups in total. The molecule has 55 heavy (non-hydrogen) atoms. The van der Waals surface area contributed by atoms with Crippen LogP contribution >= 0.6 is 0 Å². The first-order valence-electron chi connectivity index (χ1n) is 18.4. The molecular weight excluding hydrogens is 717 g/mol. The second-order valence-electron chi connectivity index (χ2n) is 15.2. The molecular formula is C39H43F3N8O5. The monoisotopic (exact) mass is 760 g/mol. The minimum absolute atomic E-state index is 0.134. The summed E-state index contributed by atoms with van der Waals surface area (Å²) < 4.78 is 44.7. The SMILES string of the molecule is CN(CC[C@H]1CC[C@H](n2cc3cc(NC(=O)c4cccc(C(F)(F)F)n4)c(C(C)(C)O)cc3n2)CC1)c1cccc2c1n(C)c(=O)n2C1CCC(=O)NC1=O. The van der Waals surface area contributed by atoms with Crippen molar-refractivity contribution in [1.82, 2.24) is 29.2 Å². The molecule has 3 aromatic heterocycles. The molecule has 1 saturated carbocycles. The molecule has 5 aromatic rings. The maximum atomic E-state index is 13.4. The summed E-state index contributed by atoms with van der Waals surface area (Å²) >= 11 is 0. The van der Waals surface area contributed by atoms with Crippen LogP contribution in [0.1, 0.15) is 92.6 Å². The summed E-state index contributed by atoms with van der Waals surface area (Å²) in [4.78, 5) is 56.5. The van der Waals surface area contributed by atoms with Gasteiger partial charge >= 0.3 is 11.9 Å². The summed E-state index contributed by atoms with van der Waals surface area (Å²) in [6.45, 7) is 3.87. The van der Waals surface area contributed by atoms with Gasteiger partial charge in [-0.25, -0.2) is 9.78 Å². The summed E-state index contributed by atoms with van der Waals surface area (Å²) in [5, 5.41) is 21.5. The first-order chi connectivity index (χ1) is 26.0.